The largest absolute Gasteiger partial charge is 0.487 e. The Hall–Kier alpha value is -2.60. The molecule has 168 valence electrons. The molecule has 2 aromatic heterocycles. The van der Waals surface area contributed by atoms with Crippen LogP contribution in [0.4, 0.5) is 30.8 Å². The Balaban J connectivity index is 1.60. The second kappa shape index (κ2) is 7.52. The van der Waals surface area contributed by atoms with E-state index in [0.29, 0.717) is 23.9 Å². The maximum absolute atomic E-state index is 13.6. The summed E-state index contributed by atoms with van der Waals surface area (Å²) in [5.41, 5.74) is -0.258. The van der Waals surface area contributed by atoms with Gasteiger partial charge in [0, 0.05) is 19.2 Å². The van der Waals surface area contributed by atoms with Crippen LogP contribution in [0.5, 0.6) is 5.75 Å². The lowest BCUT2D eigenvalue weighted by Crippen LogP contribution is -2.36. The first-order valence-electron chi connectivity index (χ1n) is 10.2. The van der Waals surface area contributed by atoms with Gasteiger partial charge < -0.3 is 24.8 Å². The highest BCUT2D eigenvalue weighted by molar-refractivity contribution is 5.62. The fraction of sp³-hybridized carbons (Fsp3) is 0.632. The van der Waals surface area contributed by atoms with Crippen LogP contribution in [0.3, 0.4) is 0 Å². The second-order valence-electron chi connectivity index (χ2n) is 8.06. The van der Waals surface area contributed by atoms with E-state index in [4.69, 9.17) is 14.2 Å². The molecule has 12 heteroatoms. The lowest BCUT2D eigenvalue weighted by atomic mass is 9.89. The molecule has 0 radical (unpaired) electrons. The lowest BCUT2D eigenvalue weighted by Gasteiger charge is -2.36. The summed E-state index contributed by atoms with van der Waals surface area (Å²) in [5.74, 6) is 0.623. The van der Waals surface area contributed by atoms with Gasteiger partial charge in [-0.05, 0) is 19.8 Å². The SMILES string of the molecule is COC1CCC1n1nc(C)c2c1Nc1ncc(C(F)(F)F)c(n1)N[C@@H]1COC[C@H]1CO2. The molecular formula is C19H23F3N6O3. The van der Waals surface area contributed by atoms with E-state index >= 15 is 0 Å². The summed E-state index contributed by atoms with van der Waals surface area (Å²) < 4.78 is 59.6. The molecular weight excluding hydrogens is 417 g/mol. The zero-order valence-electron chi connectivity index (χ0n) is 17.1. The smallest absolute Gasteiger partial charge is 0.421 e. The number of hydrogen-bond donors (Lipinski definition) is 2. The van der Waals surface area contributed by atoms with E-state index in [1.165, 1.54) is 0 Å². The fourth-order valence-electron chi connectivity index (χ4n) is 4.22. The van der Waals surface area contributed by atoms with Crippen molar-refractivity contribution >= 4 is 17.6 Å². The zero-order chi connectivity index (χ0) is 21.8. The maximum atomic E-state index is 13.6. The summed E-state index contributed by atoms with van der Waals surface area (Å²) in [7, 11) is 1.65. The van der Waals surface area contributed by atoms with E-state index in [0.717, 1.165) is 19.0 Å². The number of nitrogens with zero attached hydrogens (tertiary/aromatic N) is 4. The van der Waals surface area contributed by atoms with Crippen LogP contribution < -0.4 is 15.4 Å². The summed E-state index contributed by atoms with van der Waals surface area (Å²) in [6.45, 7) is 2.74. The second-order valence-corrected chi connectivity index (χ2v) is 8.06. The van der Waals surface area contributed by atoms with Crippen molar-refractivity contribution in [1.82, 2.24) is 19.7 Å². The highest BCUT2D eigenvalue weighted by atomic mass is 19.4. The van der Waals surface area contributed by atoms with Gasteiger partial charge in [-0.15, -0.1) is 0 Å². The van der Waals surface area contributed by atoms with Crippen molar-refractivity contribution in [3.63, 3.8) is 0 Å². The normalized spacial score (nSPS) is 27.6. The van der Waals surface area contributed by atoms with Gasteiger partial charge in [-0.2, -0.15) is 23.3 Å². The highest BCUT2D eigenvalue weighted by Gasteiger charge is 2.40. The van der Waals surface area contributed by atoms with Crippen molar-refractivity contribution in [3.05, 3.63) is 17.5 Å². The van der Waals surface area contributed by atoms with E-state index in [-0.39, 0.29) is 49.1 Å². The van der Waals surface area contributed by atoms with Crippen LogP contribution in [-0.2, 0) is 15.7 Å². The maximum Gasteiger partial charge on any atom is 0.421 e. The molecule has 0 amide bonds. The van der Waals surface area contributed by atoms with E-state index in [9.17, 15) is 13.2 Å². The van der Waals surface area contributed by atoms with E-state index in [2.05, 4.69) is 25.7 Å². The van der Waals surface area contributed by atoms with Gasteiger partial charge in [-0.1, -0.05) is 0 Å². The number of alkyl halides is 3. The fourth-order valence-corrected chi connectivity index (χ4v) is 4.22. The average Bonchev–Trinajstić information content (AvgIpc) is 3.23. The minimum absolute atomic E-state index is 0.00162. The molecule has 2 bridgehead atoms. The minimum atomic E-state index is -4.59. The molecule has 2 fully saturated rings. The Kier molecular flexibility index (Phi) is 4.93. The Bertz CT molecular complexity index is 980. The van der Waals surface area contributed by atoms with Gasteiger partial charge in [0.05, 0.1) is 38.0 Å². The Morgan fingerprint density at radius 1 is 1.23 bits per heavy atom. The van der Waals surface area contributed by atoms with Gasteiger partial charge in [-0.25, -0.2) is 9.67 Å². The molecule has 1 saturated heterocycles. The van der Waals surface area contributed by atoms with Crippen LogP contribution in [0.2, 0.25) is 0 Å². The molecule has 2 unspecified atom stereocenters. The summed E-state index contributed by atoms with van der Waals surface area (Å²) >= 11 is 0. The van der Waals surface area contributed by atoms with Gasteiger partial charge in [0.1, 0.15) is 17.1 Å². The van der Waals surface area contributed by atoms with Crippen LogP contribution in [0.1, 0.15) is 30.1 Å². The van der Waals surface area contributed by atoms with Gasteiger partial charge in [0.15, 0.2) is 11.6 Å². The number of halogens is 3. The van der Waals surface area contributed by atoms with Crippen LogP contribution in [-0.4, -0.2) is 58.8 Å². The third kappa shape index (κ3) is 3.57. The number of aryl methyl sites for hydroxylation is 1. The van der Waals surface area contributed by atoms with Crippen LogP contribution in [0, 0.1) is 12.8 Å². The van der Waals surface area contributed by atoms with Crippen LogP contribution in [0.25, 0.3) is 0 Å². The molecule has 2 aliphatic heterocycles. The summed E-state index contributed by atoms with van der Waals surface area (Å²) in [5, 5.41) is 10.6. The number of aromatic nitrogens is 4. The number of nitrogens with one attached hydrogen (secondary N) is 2. The van der Waals surface area contributed by atoms with E-state index < -0.39 is 11.7 Å². The first-order chi connectivity index (χ1) is 14.8. The molecule has 3 aliphatic rings. The lowest BCUT2D eigenvalue weighted by molar-refractivity contribution is -0.137. The zero-order valence-corrected chi connectivity index (χ0v) is 17.1. The number of ether oxygens (including phenoxy) is 3. The molecule has 2 N–H and O–H groups in total. The molecule has 1 saturated carbocycles. The van der Waals surface area contributed by atoms with Crippen LogP contribution >= 0.6 is 0 Å². The minimum Gasteiger partial charge on any atom is -0.487 e. The molecule has 9 nitrogen and oxygen atoms in total. The Labute approximate surface area is 176 Å². The van der Waals surface area contributed by atoms with Crippen LogP contribution in [0.15, 0.2) is 6.20 Å². The summed E-state index contributed by atoms with van der Waals surface area (Å²) in [4.78, 5) is 8.07. The van der Waals surface area contributed by atoms with Crippen molar-refractivity contribution in [2.45, 2.75) is 44.1 Å². The average molecular weight is 440 g/mol. The topological polar surface area (TPSA) is 95.4 Å². The number of hydrogen-bond acceptors (Lipinski definition) is 8. The summed E-state index contributed by atoms with van der Waals surface area (Å²) in [6, 6.07) is -0.381. The van der Waals surface area contributed by atoms with Gasteiger partial charge >= 0.3 is 6.18 Å². The third-order valence-electron chi connectivity index (χ3n) is 6.11. The summed E-state index contributed by atoms with van der Waals surface area (Å²) in [6.07, 6.45) is -2.03. The van der Waals surface area contributed by atoms with Crippen molar-refractivity contribution in [2.75, 3.05) is 37.6 Å². The number of rotatable bonds is 2. The Morgan fingerprint density at radius 3 is 2.77 bits per heavy atom. The molecule has 31 heavy (non-hydrogen) atoms. The van der Waals surface area contributed by atoms with Gasteiger partial charge in [0.2, 0.25) is 5.95 Å². The van der Waals surface area contributed by atoms with E-state index in [1.54, 1.807) is 11.8 Å². The first-order valence-corrected chi connectivity index (χ1v) is 10.2. The van der Waals surface area contributed by atoms with Crippen molar-refractivity contribution in [1.29, 1.82) is 0 Å². The number of anilines is 3. The molecule has 0 spiro atoms. The van der Waals surface area contributed by atoms with Gasteiger partial charge in [-0.3, -0.25) is 0 Å². The van der Waals surface area contributed by atoms with E-state index in [1.807, 2.05) is 6.92 Å². The molecule has 4 heterocycles. The molecule has 1 aliphatic carbocycles. The Morgan fingerprint density at radius 2 is 2.06 bits per heavy atom. The number of methoxy groups -OCH3 is 1. The monoisotopic (exact) mass is 440 g/mol. The van der Waals surface area contributed by atoms with Crippen molar-refractivity contribution < 1.29 is 27.4 Å². The van der Waals surface area contributed by atoms with Gasteiger partial charge in [0.25, 0.3) is 0 Å². The van der Waals surface area contributed by atoms with Crippen molar-refractivity contribution in [3.8, 4) is 5.75 Å². The number of fused-ring (bicyclic) bond motifs is 4. The predicted octanol–water partition coefficient (Wildman–Crippen LogP) is 2.91. The molecule has 5 rings (SSSR count). The third-order valence-corrected chi connectivity index (χ3v) is 6.11. The quantitative estimate of drug-likeness (QED) is 0.736. The first kappa shape index (κ1) is 20.3. The standard InChI is InChI=1S/C19H23F3N6O3/c1-9-15-17(28(27-9)13-3-4-14(13)29-2)26-18-23-5-11(19(20,21)22)16(25-18)24-12-8-30-6-10(12)7-31-15/h5,10,12-14H,3-4,6-8H2,1-2H3,(H2,23,24,25,26)/t10-,12+,13?,14?/m0/s1. The predicted molar refractivity (Wildman–Crippen MR) is 104 cm³/mol. The molecule has 0 aromatic carbocycles. The molecule has 2 aromatic rings. The highest BCUT2D eigenvalue weighted by Crippen LogP contribution is 2.42. The van der Waals surface area contributed by atoms with Crippen molar-refractivity contribution in [2.24, 2.45) is 5.92 Å². The molecule has 4 atom stereocenters.